The van der Waals surface area contributed by atoms with Crippen LogP contribution in [0.4, 0.5) is 0 Å². The molecular formula is C14H17Cl2NO3S. The Kier molecular flexibility index (Phi) is 4.57. The third-order valence-electron chi connectivity index (χ3n) is 3.77. The topological polar surface area (TPSA) is 63.2 Å². The Morgan fingerprint density at radius 3 is 2.57 bits per heavy atom. The lowest BCUT2D eigenvalue weighted by atomic mass is 9.92. The normalized spacial score (nSPS) is 21.2. The van der Waals surface area contributed by atoms with Gasteiger partial charge in [0.15, 0.2) is 0 Å². The van der Waals surface area contributed by atoms with Crippen molar-refractivity contribution in [3.05, 3.63) is 28.8 Å². The van der Waals surface area contributed by atoms with E-state index in [-0.39, 0.29) is 32.8 Å². The quantitative estimate of drug-likeness (QED) is 0.848. The van der Waals surface area contributed by atoms with Gasteiger partial charge in [-0.1, -0.05) is 25.4 Å². The molecule has 1 saturated carbocycles. The van der Waals surface area contributed by atoms with Gasteiger partial charge in [-0.2, -0.15) is 0 Å². The Bertz CT molecular complexity index is 671. The number of hydrogen-bond acceptors (Lipinski definition) is 3. The number of carbonyl (C=O) groups excluding carboxylic acids is 1. The summed E-state index contributed by atoms with van der Waals surface area (Å²) in [5.41, 5.74) is 0.339. The van der Waals surface area contributed by atoms with E-state index < -0.39 is 9.05 Å². The van der Waals surface area contributed by atoms with Crippen molar-refractivity contribution in [2.45, 2.75) is 44.0 Å². The summed E-state index contributed by atoms with van der Waals surface area (Å²) in [5, 5.41) is 3.11. The number of carbonyl (C=O) groups is 1. The lowest BCUT2D eigenvalue weighted by Crippen LogP contribution is -2.33. The molecular weight excluding hydrogens is 333 g/mol. The SMILES string of the molecule is CC1(C)CCC(NC(=O)c2cc(S(=O)(=O)Cl)ccc2Cl)C1. The predicted octanol–water partition coefficient (Wildman–Crippen LogP) is 3.58. The van der Waals surface area contributed by atoms with Crippen LogP contribution in [0.25, 0.3) is 0 Å². The molecule has 0 aliphatic heterocycles. The van der Waals surface area contributed by atoms with Crippen LogP contribution in [0.5, 0.6) is 0 Å². The summed E-state index contributed by atoms with van der Waals surface area (Å²) in [6.07, 6.45) is 2.84. The standard InChI is InChI=1S/C14H17Cl2NO3S/c1-14(2)6-5-9(8-14)17-13(18)11-7-10(21(16,19)20)3-4-12(11)15/h3-4,7,9H,5-6,8H2,1-2H3,(H,17,18). The van der Waals surface area contributed by atoms with Crippen molar-refractivity contribution in [2.75, 3.05) is 0 Å². The third kappa shape index (κ3) is 4.11. The molecule has 1 aliphatic carbocycles. The van der Waals surface area contributed by atoms with E-state index in [0.29, 0.717) is 0 Å². The predicted molar refractivity (Wildman–Crippen MR) is 83.4 cm³/mol. The Labute approximate surface area is 134 Å². The van der Waals surface area contributed by atoms with Crippen molar-refractivity contribution in [1.82, 2.24) is 5.32 Å². The molecule has 1 fully saturated rings. The van der Waals surface area contributed by atoms with Crippen molar-refractivity contribution in [2.24, 2.45) is 5.41 Å². The molecule has 7 heteroatoms. The number of nitrogens with one attached hydrogen (secondary N) is 1. The van der Waals surface area contributed by atoms with Crippen molar-refractivity contribution in [3.8, 4) is 0 Å². The van der Waals surface area contributed by atoms with Gasteiger partial charge in [-0.3, -0.25) is 4.79 Å². The van der Waals surface area contributed by atoms with Gasteiger partial charge in [-0.05, 0) is 42.9 Å². The van der Waals surface area contributed by atoms with Crippen molar-refractivity contribution in [3.63, 3.8) is 0 Å². The van der Waals surface area contributed by atoms with Crippen LogP contribution in [0.3, 0.4) is 0 Å². The maximum Gasteiger partial charge on any atom is 0.261 e. The Morgan fingerprint density at radius 1 is 1.38 bits per heavy atom. The van der Waals surface area contributed by atoms with Gasteiger partial charge in [0.2, 0.25) is 0 Å². The van der Waals surface area contributed by atoms with Gasteiger partial charge in [0.05, 0.1) is 15.5 Å². The molecule has 1 amide bonds. The second kappa shape index (κ2) is 5.78. The van der Waals surface area contributed by atoms with Crippen LogP contribution in [0.15, 0.2) is 23.1 Å². The molecule has 116 valence electrons. The van der Waals surface area contributed by atoms with E-state index in [1.807, 2.05) is 0 Å². The van der Waals surface area contributed by atoms with Gasteiger partial charge in [0.1, 0.15) is 0 Å². The molecule has 0 saturated heterocycles. The molecule has 0 spiro atoms. The fraction of sp³-hybridized carbons (Fsp3) is 0.500. The third-order valence-corrected chi connectivity index (χ3v) is 5.45. The average molecular weight is 350 g/mol. The minimum atomic E-state index is -3.89. The van der Waals surface area contributed by atoms with Gasteiger partial charge in [-0.25, -0.2) is 8.42 Å². The molecule has 0 heterocycles. The van der Waals surface area contributed by atoms with E-state index in [0.717, 1.165) is 19.3 Å². The van der Waals surface area contributed by atoms with E-state index in [4.69, 9.17) is 22.3 Å². The molecule has 21 heavy (non-hydrogen) atoms. The summed E-state index contributed by atoms with van der Waals surface area (Å²) in [6, 6.07) is 3.93. The minimum Gasteiger partial charge on any atom is -0.349 e. The van der Waals surface area contributed by atoms with E-state index in [1.165, 1.54) is 18.2 Å². The number of halogens is 2. The first-order chi connectivity index (χ1) is 9.58. The van der Waals surface area contributed by atoms with Crippen LogP contribution < -0.4 is 5.32 Å². The molecule has 1 aromatic rings. The molecule has 1 atom stereocenters. The highest BCUT2D eigenvalue weighted by atomic mass is 35.7. The monoisotopic (exact) mass is 349 g/mol. The van der Waals surface area contributed by atoms with E-state index >= 15 is 0 Å². The smallest absolute Gasteiger partial charge is 0.261 e. The summed E-state index contributed by atoms with van der Waals surface area (Å²) in [7, 11) is 1.40. The van der Waals surface area contributed by atoms with Gasteiger partial charge in [-0.15, -0.1) is 0 Å². The van der Waals surface area contributed by atoms with Gasteiger partial charge >= 0.3 is 0 Å². The molecule has 0 bridgehead atoms. The molecule has 1 unspecified atom stereocenters. The molecule has 1 aliphatic rings. The maximum atomic E-state index is 12.3. The summed E-state index contributed by atoms with van der Waals surface area (Å²) < 4.78 is 22.7. The zero-order chi connectivity index (χ0) is 15.8. The second-order valence-corrected chi connectivity index (χ2v) is 9.13. The number of rotatable bonds is 3. The largest absolute Gasteiger partial charge is 0.349 e. The summed E-state index contributed by atoms with van der Waals surface area (Å²) >= 11 is 5.98. The van der Waals surface area contributed by atoms with Gasteiger partial charge < -0.3 is 5.32 Å². The molecule has 0 aromatic heterocycles. The van der Waals surface area contributed by atoms with Crippen LogP contribution in [0, 0.1) is 5.41 Å². The molecule has 0 radical (unpaired) electrons. The molecule has 1 aromatic carbocycles. The summed E-state index contributed by atoms with van der Waals surface area (Å²) in [6.45, 7) is 4.32. The van der Waals surface area contributed by atoms with Crippen LogP contribution in [0.1, 0.15) is 43.5 Å². The summed E-state index contributed by atoms with van der Waals surface area (Å²) in [5.74, 6) is -0.370. The molecule has 4 nitrogen and oxygen atoms in total. The highest BCUT2D eigenvalue weighted by Gasteiger charge is 2.32. The fourth-order valence-corrected chi connectivity index (χ4v) is 3.63. The van der Waals surface area contributed by atoms with E-state index in [1.54, 1.807) is 0 Å². The Hall–Kier alpha value is -0.780. The van der Waals surface area contributed by atoms with E-state index in [2.05, 4.69) is 19.2 Å². The number of amides is 1. The first-order valence-electron chi connectivity index (χ1n) is 6.64. The Morgan fingerprint density at radius 2 is 2.05 bits per heavy atom. The minimum absolute atomic E-state index is 0.0832. The van der Waals surface area contributed by atoms with Crippen molar-refractivity contribution >= 4 is 37.2 Å². The van der Waals surface area contributed by atoms with Gasteiger partial charge in [0.25, 0.3) is 15.0 Å². The zero-order valence-corrected chi connectivity index (χ0v) is 14.1. The number of benzene rings is 1. The highest BCUT2D eigenvalue weighted by Crippen LogP contribution is 2.37. The van der Waals surface area contributed by atoms with Gasteiger partial charge in [0, 0.05) is 16.7 Å². The fourth-order valence-electron chi connectivity index (χ4n) is 2.65. The van der Waals surface area contributed by atoms with Crippen molar-refractivity contribution < 1.29 is 13.2 Å². The first-order valence-corrected chi connectivity index (χ1v) is 9.32. The zero-order valence-electron chi connectivity index (χ0n) is 11.8. The molecule has 2 rings (SSSR count). The molecule has 1 N–H and O–H groups in total. The Balaban J connectivity index is 2.20. The number of hydrogen-bond donors (Lipinski definition) is 1. The first kappa shape index (κ1) is 16.6. The van der Waals surface area contributed by atoms with Crippen LogP contribution in [-0.4, -0.2) is 20.4 Å². The average Bonchev–Trinajstić information content (AvgIpc) is 2.67. The summed E-state index contributed by atoms with van der Waals surface area (Å²) in [4.78, 5) is 12.1. The lowest BCUT2D eigenvalue weighted by molar-refractivity contribution is 0.0936. The lowest BCUT2D eigenvalue weighted by Gasteiger charge is -2.18. The maximum absolute atomic E-state index is 12.3. The van der Waals surface area contributed by atoms with Crippen LogP contribution in [0.2, 0.25) is 5.02 Å². The van der Waals surface area contributed by atoms with Crippen LogP contribution >= 0.6 is 22.3 Å². The van der Waals surface area contributed by atoms with Crippen LogP contribution in [-0.2, 0) is 9.05 Å². The van der Waals surface area contributed by atoms with Crippen molar-refractivity contribution in [1.29, 1.82) is 0 Å². The highest BCUT2D eigenvalue weighted by molar-refractivity contribution is 8.13. The van der Waals surface area contributed by atoms with E-state index in [9.17, 15) is 13.2 Å². The second-order valence-electron chi connectivity index (χ2n) is 6.16.